The lowest BCUT2D eigenvalue weighted by molar-refractivity contribution is 0.276. The number of aromatic nitrogens is 3. The van der Waals surface area contributed by atoms with Gasteiger partial charge in [-0.05, 0) is 18.6 Å². The molecule has 2 rings (SSSR count). The molecule has 0 aliphatic heterocycles. The Labute approximate surface area is 120 Å². The highest BCUT2D eigenvalue weighted by molar-refractivity contribution is 6.42. The largest absolute Gasteiger partial charge is 0.396 e. The van der Waals surface area contributed by atoms with Crippen LogP contribution in [-0.4, -0.2) is 26.7 Å². The molecule has 0 spiro atoms. The zero-order valence-electron chi connectivity index (χ0n) is 9.85. The number of rotatable bonds is 4. The van der Waals surface area contributed by atoms with Crippen molar-refractivity contribution < 1.29 is 5.11 Å². The first kappa shape index (κ1) is 13.8. The molecule has 7 heteroatoms. The SMILES string of the molecule is N#Cc1nnn(CCCO)c1-c1ccc(Cl)c(Cl)c1. The molecule has 2 aromatic rings. The quantitative estimate of drug-likeness (QED) is 0.941. The third-order valence-corrected chi connectivity index (χ3v) is 3.30. The zero-order chi connectivity index (χ0) is 13.8. The van der Waals surface area contributed by atoms with Crippen molar-refractivity contribution in [3.05, 3.63) is 33.9 Å². The molecular formula is C12H10Cl2N4O. The number of nitrogens with zero attached hydrogens (tertiary/aromatic N) is 4. The summed E-state index contributed by atoms with van der Waals surface area (Å²) in [6.45, 7) is 0.517. The topological polar surface area (TPSA) is 74.7 Å². The van der Waals surface area contributed by atoms with Crippen molar-refractivity contribution in [3.63, 3.8) is 0 Å². The van der Waals surface area contributed by atoms with Gasteiger partial charge in [-0.15, -0.1) is 5.10 Å². The third-order valence-electron chi connectivity index (χ3n) is 2.56. The summed E-state index contributed by atoms with van der Waals surface area (Å²) >= 11 is 11.8. The van der Waals surface area contributed by atoms with Crippen molar-refractivity contribution in [2.45, 2.75) is 13.0 Å². The molecule has 0 bridgehead atoms. The molecule has 1 N–H and O–H groups in total. The van der Waals surface area contributed by atoms with Crippen LogP contribution in [0, 0.1) is 11.3 Å². The summed E-state index contributed by atoms with van der Waals surface area (Å²) in [6.07, 6.45) is 0.530. The van der Waals surface area contributed by atoms with Gasteiger partial charge in [0.25, 0.3) is 0 Å². The Hall–Kier alpha value is -1.61. The van der Waals surface area contributed by atoms with Crippen molar-refractivity contribution in [1.82, 2.24) is 15.0 Å². The molecule has 1 heterocycles. The molecule has 0 saturated carbocycles. The summed E-state index contributed by atoms with van der Waals surface area (Å²) in [4.78, 5) is 0. The summed E-state index contributed by atoms with van der Waals surface area (Å²) in [6, 6.07) is 7.07. The van der Waals surface area contributed by atoms with Gasteiger partial charge in [-0.25, -0.2) is 4.68 Å². The van der Waals surface area contributed by atoms with Gasteiger partial charge in [0.1, 0.15) is 11.8 Å². The van der Waals surface area contributed by atoms with Gasteiger partial charge in [-0.1, -0.05) is 34.5 Å². The second-order valence-corrected chi connectivity index (χ2v) is 4.64. The van der Waals surface area contributed by atoms with Gasteiger partial charge in [0.05, 0.1) is 10.0 Å². The summed E-state index contributed by atoms with van der Waals surface area (Å²) < 4.78 is 1.58. The normalized spacial score (nSPS) is 10.4. The van der Waals surface area contributed by atoms with Crippen LogP contribution in [0.4, 0.5) is 0 Å². The minimum atomic E-state index is 0.0442. The van der Waals surface area contributed by atoms with Crippen LogP contribution >= 0.6 is 23.2 Å². The summed E-state index contributed by atoms with van der Waals surface area (Å²) in [5, 5.41) is 26.5. The first-order valence-corrected chi connectivity index (χ1v) is 6.33. The van der Waals surface area contributed by atoms with E-state index in [9.17, 15) is 0 Å². The second-order valence-electron chi connectivity index (χ2n) is 3.83. The summed E-state index contributed by atoms with van der Waals surface area (Å²) in [5.41, 5.74) is 1.51. The van der Waals surface area contributed by atoms with Crippen molar-refractivity contribution in [2.75, 3.05) is 6.61 Å². The fourth-order valence-electron chi connectivity index (χ4n) is 1.69. The predicted molar refractivity (Wildman–Crippen MR) is 71.9 cm³/mol. The molecule has 0 atom stereocenters. The van der Waals surface area contributed by atoms with Crippen LogP contribution in [0.15, 0.2) is 18.2 Å². The van der Waals surface area contributed by atoms with Gasteiger partial charge in [-0.3, -0.25) is 0 Å². The molecular weight excluding hydrogens is 287 g/mol. The average Bonchev–Trinajstić information content (AvgIpc) is 2.82. The monoisotopic (exact) mass is 296 g/mol. The highest BCUT2D eigenvalue weighted by Crippen LogP contribution is 2.29. The first-order valence-electron chi connectivity index (χ1n) is 5.57. The fraction of sp³-hybridized carbons (Fsp3) is 0.250. The van der Waals surface area contributed by atoms with Crippen LogP contribution < -0.4 is 0 Å². The third kappa shape index (κ3) is 2.87. The Kier molecular flexibility index (Phi) is 4.38. The van der Waals surface area contributed by atoms with E-state index in [1.54, 1.807) is 22.9 Å². The van der Waals surface area contributed by atoms with Crippen molar-refractivity contribution in [2.24, 2.45) is 0 Å². The lowest BCUT2D eigenvalue weighted by Gasteiger charge is -2.06. The van der Waals surface area contributed by atoms with Crippen LogP contribution in [-0.2, 0) is 6.54 Å². The number of hydrogen-bond acceptors (Lipinski definition) is 4. The number of benzene rings is 1. The van der Waals surface area contributed by atoms with Crippen LogP contribution in [0.3, 0.4) is 0 Å². The van der Waals surface area contributed by atoms with E-state index >= 15 is 0 Å². The van der Waals surface area contributed by atoms with Crippen molar-refractivity contribution in [1.29, 1.82) is 5.26 Å². The number of nitriles is 1. The maximum absolute atomic E-state index is 9.07. The maximum Gasteiger partial charge on any atom is 0.190 e. The van der Waals surface area contributed by atoms with Gasteiger partial charge in [-0.2, -0.15) is 5.26 Å². The van der Waals surface area contributed by atoms with Crippen molar-refractivity contribution >= 4 is 23.2 Å². The molecule has 5 nitrogen and oxygen atoms in total. The Balaban J connectivity index is 2.49. The zero-order valence-corrected chi connectivity index (χ0v) is 11.4. The molecule has 0 aliphatic carbocycles. The van der Waals surface area contributed by atoms with E-state index in [-0.39, 0.29) is 12.3 Å². The molecule has 0 radical (unpaired) electrons. The van der Waals surface area contributed by atoms with Crippen LogP contribution in [0.5, 0.6) is 0 Å². The molecule has 0 aliphatic rings. The van der Waals surface area contributed by atoms with Gasteiger partial charge in [0, 0.05) is 18.7 Å². The molecule has 0 saturated heterocycles. The van der Waals surface area contributed by atoms with Crippen LogP contribution in [0.1, 0.15) is 12.1 Å². The standard InChI is InChI=1S/C12H10Cl2N4O/c13-9-3-2-8(6-10(9)14)12-11(7-15)16-17-18(12)4-1-5-19/h2-3,6,19H,1,4-5H2. The molecule has 98 valence electrons. The molecule has 19 heavy (non-hydrogen) atoms. The Morgan fingerprint density at radius 1 is 1.32 bits per heavy atom. The van der Waals surface area contributed by atoms with E-state index in [1.807, 2.05) is 6.07 Å². The molecule has 1 aromatic heterocycles. The maximum atomic E-state index is 9.07. The average molecular weight is 297 g/mol. The number of halogens is 2. The highest BCUT2D eigenvalue weighted by atomic mass is 35.5. The van der Waals surface area contributed by atoms with Crippen LogP contribution in [0.25, 0.3) is 11.3 Å². The van der Waals surface area contributed by atoms with Gasteiger partial charge < -0.3 is 5.11 Å². The van der Waals surface area contributed by atoms with E-state index < -0.39 is 0 Å². The summed E-state index contributed by atoms with van der Waals surface area (Å²) in [7, 11) is 0. The number of aryl methyl sites for hydroxylation is 1. The minimum absolute atomic E-state index is 0.0442. The fourth-order valence-corrected chi connectivity index (χ4v) is 1.99. The molecule has 0 amide bonds. The number of aliphatic hydroxyl groups is 1. The summed E-state index contributed by atoms with van der Waals surface area (Å²) in [5.74, 6) is 0. The lowest BCUT2D eigenvalue weighted by Crippen LogP contribution is -2.04. The highest BCUT2D eigenvalue weighted by Gasteiger charge is 2.15. The van der Waals surface area contributed by atoms with E-state index in [1.165, 1.54) is 0 Å². The lowest BCUT2D eigenvalue weighted by atomic mass is 10.1. The van der Waals surface area contributed by atoms with Gasteiger partial charge >= 0.3 is 0 Å². The van der Waals surface area contributed by atoms with Crippen LogP contribution in [0.2, 0.25) is 10.0 Å². The number of aliphatic hydroxyl groups excluding tert-OH is 1. The Bertz CT molecular complexity index is 633. The van der Waals surface area contributed by atoms with Gasteiger partial charge in [0.2, 0.25) is 0 Å². The Morgan fingerprint density at radius 3 is 2.74 bits per heavy atom. The van der Waals surface area contributed by atoms with E-state index in [2.05, 4.69) is 10.3 Å². The second kappa shape index (κ2) is 6.02. The molecule has 0 unspecified atom stereocenters. The minimum Gasteiger partial charge on any atom is -0.396 e. The first-order chi connectivity index (χ1) is 9.17. The van der Waals surface area contributed by atoms with Crippen molar-refractivity contribution in [3.8, 4) is 17.3 Å². The van der Waals surface area contributed by atoms with E-state index in [4.69, 9.17) is 33.6 Å². The molecule has 0 fully saturated rings. The van der Waals surface area contributed by atoms with E-state index in [0.717, 1.165) is 0 Å². The number of hydrogen-bond donors (Lipinski definition) is 1. The smallest absolute Gasteiger partial charge is 0.190 e. The predicted octanol–water partition coefficient (Wildman–Crippen LogP) is 2.51. The Morgan fingerprint density at radius 2 is 2.11 bits per heavy atom. The van der Waals surface area contributed by atoms with Gasteiger partial charge in [0.15, 0.2) is 5.69 Å². The van der Waals surface area contributed by atoms with E-state index in [0.29, 0.717) is 34.3 Å². The molecule has 1 aromatic carbocycles.